The minimum absolute atomic E-state index is 0.255. The molecule has 0 radical (unpaired) electrons. The highest BCUT2D eigenvalue weighted by Gasteiger charge is 2.16. The van der Waals surface area contributed by atoms with Crippen LogP contribution in [-0.4, -0.2) is 46.7 Å². The molecule has 0 rings (SSSR count). The van der Waals surface area contributed by atoms with E-state index in [-0.39, 0.29) is 13.0 Å². The lowest BCUT2D eigenvalue weighted by molar-refractivity contribution is -0.149. The summed E-state index contributed by atoms with van der Waals surface area (Å²) in [7, 11) is 0. The molecule has 0 aromatic heterocycles. The van der Waals surface area contributed by atoms with Crippen LogP contribution >= 0.6 is 0 Å². The van der Waals surface area contributed by atoms with Crippen LogP contribution in [0.25, 0.3) is 0 Å². The topological polar surface area (TPSA) is 87.0 Å². The van der Waals surface area contributed by atoms with E-state index in [1.54, 1.807) is 0 Å². The molecule has 5 heteroatoms. The molecule has 0 aromatic rings. The van der Waals surface area contributed by atoms with Gasteiger partial charge in [-0.3, -0.25) is 4.79 Å². The third-order valence-electron chi connectivity index (χ3n) is 4.63. The van der Waals surface area contributed by atoms with Gasteiger partial charge in [0.05, 0.1) is 6.61 Å². The number of carbonyl (C=O) groups excluding carboxylic acids is 1. The predicted octanol–water partition coefficient (Wildman–Crippen LogP) is 3.60. The maximum Gasteiger partial charge on any atom is 0.306 e. The van der Waals surface area contributed by atoms with Gasteiger partial charge in [0.15, 0.2) is 0 Å². The van der Waals surface area contributed by atoms with Gasteiger partial charge in [-0.1, -0.05) is 58.1 Å². The fourth-order valence-electron chi connectivity index (χ4n) is 2.77. The predicted molar refractivity (Wildman–Crippen MR) is 105 cm³/mol. The molecule has 0 bridgehead atoms. The van der Waals surface area contributed by atoms with Gasteiger partial charge in [0.25, 0.3) is 0 Å². The van der Waals surface area contributed by atoms with Crippen molar-refractivity contribution >= 4 is 5.97 Å². The van der Waals surface area contributed by atoms with Crippen molar-refractivity contribution in [2.45, 2.75) is 91.3 Å². The van der Waals surface area contributed by atoms with E-state index in [4.69, 9.17) is 9.84 Å². The SMILES string of the molecule is CC(=CCCC(=O)OCC(O)C(O)CO)CCCC(C)CCCC(C)C. The molecule has 0 fully saturated rings. The number of aliphatic hydroxyl groups is 3. The summed E-state index contributed by atoms with van der Waals surface area (Å²) < 4.78 is 4.89. The first-order valence-electron chi connectivity index (χ1n) is 10.0. The van der Waals surface area contributed by atoms with Crippen LogP contribution in [0.1, 0.15) is 79.1 Å². The zero-order valence-corrected chi connectivity index (χ0v) is 17.1. The lowest BCUT2D eigenvalue weighted by Crippen LogP contribution is -2.34. The monoisotopic (exact) mass is 372 g/mol. The number of ether oxygens (including phenoxy) is 1. The first kappa shape index (κ1) is 25.1. The van der Waals surface area contributed by atoms with Gasteiger partial charge in [-0.25, -0.2) is 0 Å². The Morgan fingerprint density at radius 2 is 1.65 bits per heavy atom. The van der Waals surface area contributed by atoms with Crippen LogP contribution in [0.3, 0.4) is 0 Å². The fraction of sp³-hybridized carbons (Fsp3) is 0.857. The van der Waals surface area contributed by atoms with Crippen molar-refractivity contribution in [3.8, 4) is 0 Å². The Labute approximate surface area is 159 Å². The first-order valence-corrected chi connectivity index (χ1v) is 10.0. The van der Waals surface area contributed by atoms with E-state index in [2.05, 4.69) is 33.8 Å². The Bertz CT molecular complexity index is 392. The van der Waals surface area contributed by atoms with Gasteiger partial charge in [0, 0.05) is 6.42 Å². The molecule has 0 aromatic carbocycles. The first-order chi connectivity index (χ1) is 12.3. The average molecular weight is 373 g/mol. The van der Waals surface area contributed by atoms with Gasteiger partial charge in [-0.05, 0) is 38.0 Å². The standard InChI is InChI=1S/C21H40O5/c1-16(2)8-5-9-17(3)10-6-11-18(4)12-7-13-21(25)26-15-20(24)19(23)14-22/h12,16-17,19-20,22-24H,5-11,13-15H2,1-4H3. The maximum atomic E-state index is 11.6. The lowest BCUT2D eigenvalue weighted by Gasteiger charge is -2.15. The number of rotatable bonds is 15. The minimum Gasteiger partial charge on any atom is -0.463 e. The summed E-state index contributed by atoms with van der Waals surface area (Å²) >= 11 is 0. The van der Waals surface area contributed by atoms with E-state index in [0.717, 1.165) is 18.3 Å². The van der Waals surface area contributed by atoms with Crippen molar-refractivity contribution in [3.05, 3.63) is 11.6 Å². The molecular weight excluding hydrogens is 332 g/mol. The lowest BCUT2D eigenvalue weighted by atomic mass is 9.94. The minimum atomic E-state index is -1.28. The second-order valence-electron chi connectivity index (χ2n) is 7.91. The second-order valence-corrected chi connectivity index (χ2v) is 7.91. The zero-order chi connectivity index (χ0) is 19.9. The number of hydrogen-bond donors (Lipinski definition) is 3. The van der Waals surface area contributed by atoms with Crippen LogP contribution in [0.4, 0.5) is 0 Å². The van der Waals surface area contributed by atoms with Crippen LogP contribution in [-0.2, 0) is 9.53 Å². The van der Waals surface area contributed by atoms with Crippen molar-refractivity contribution in [3.63, 3.8) is 0 Å². The molecule has 0 aliphatic carbocycles. The van der Waals surface area contributed by atoms with Crippen LogP contribution in [0.15, 0.2) is 11.6 Å². The van der Waals surface area contributed by atoms with Crippen LogP contribution in [0.2, 0.25) is 0 Å². The zero-order valence-electron chi connectivity index (χ0n) is 17.1. The van der Waals surface area contributed by atoms with E-state index >= 15 is 0 Å². The fourth-order valence-corrected chi connectivity index (χ4v) is 2.77. The highest BCUT2D eigenvalue weighted by atomic mass is 16.5. The molecule has 3 atom stereocenters. The Morgan fingerprint density at radius 3 is 2.27 bits per heavy atom. The maximum absolute atomic E-state index is 11.6. The normalized spacial score (nSPS) is 15.8. The third-order valence-corrected chi connectivity index (χ3v) is 4.63. The Hall–Kier alpha value is -0.910. The molecule has 0 saturated carbocycles. The summed E-state index contributed by atoms with van der Waals surface area (Å²) in [5.41, 5.74) is 1.29. The average Bonchev–Trinajstić information content (AvgIpc) is 2.58. The van der Waals surface area contributed by atoms with Gasteiger partial charge in [-0.2, -0.15) is 0 Å². The van der Waals surface area contributed by atoms with Crippen molar-refractivity contribution in [2.24, 2.45) is 11.8 Å². The van der Waals surface area contributed by atoms with Gasteiger partial charge >= 0.3 is 5.97 Å². The molecule has 3 unspecified atom stereocenters. The number of allylic oxidation sites excluding steroid dienone is 2. The van der Waals surface area contributed by atoms with Gasteiger partial charge in [-0.15, -0.1) is 0 Å². The molecule has 154 valence electrons. The summed E-state index contributed by atoms with van der Waals surface area (Å²) in [6.45, 7) is 8.12. The van der Waals surface area contributed by atoms with Crippen molar-refractivity contribution in [2.75, 3.05) is 13.2 Å². The summed E-state index contributed by atoms with van der Waals surface area (Å²) in [5.74, 6) is 1.16. The number of aliphatic hydroxyl groups excluding tert-OH is 3. The van der Waals surface area contributed by atoms with Crippen LogP contribution in [0.5, 0.6) is 0 Å². The molecular formula is C21H40O5. The molecule has 0 heterocycles. The third kappa shape index (κ3) is 14.3. The van der Waals surface area contributed by atoms with Crippen molar-refractivity contribution in [1.82, 2.24) is 0 Å². The Kier molecular flexibility index (Phi) is 14.6. The summed E-state index contributed by atoms with van der Waals surface area (Å²) in [4.78, 5) is 11.6. The van der Waals surface area contributed by atoms with E-state index in [1.165, 1.54) is 37.7 Å². The highest BCUT2D eigenvalue weighted by Crippen LogP contribution is 2.19. The quantitative estimate of drug-likeness (QED) is 0.302. The van der Waals surface area contributed by atoms with Crippen molar-refractivity contribution in [1.29, 1.82) is 0 Å². The van der Waals surface area contributed by atoms with E-state index in [0.29, 0.717) is 6.42 Å². The van der Waals surface area contributed by atoms with E-state index in [1.807, 2.05) is 0 Å². The highest BCUT2D eigenvalue weighted by molar-refractivity contribution is 5.69. The smallest absolute Gasteiger partial charge is 0.306 e. The van der Waals surface area contributed by atoms with Gasteiger partial charge in [0.1, 0.15) is 18.8 Å². The molecule has 3 N–H and O–H groups in total. The van der Waals surface area contributed by atoms with Gasteiger partial charge < -0.3 is 20.1 Å². The Morgan fingerprint density at radius 1 is 1.00 bits per heavy atom. The van der Waals surface area contributed by atoms with Crippen molar-refractivity contribution < 1.29 is 24.9 Å². The molecule has 0 amide bonds. The van der Waals surface area contributed by atoms with Gasteiger partial charge in [0.2, 0.25) is 0 Å². The van der Waals surface area contributed by atoms with Crippen LogP contribution < -0.4 is 0 Å². The summed E-state index contributed by atoms with van der Waals surface area (Å²) in [6.07, 6.45) is 7.85. The number of hydrogen-bond acceptors (Lipinski definition) is 5. The molecule has 0 saturated heterocycles. The number of esters is 1. The number of carbonyl (C=O) groups is 1. The van der Waals surface area contributed by atoms with E-state index < -0.39 is 24.8 Å². The largest absolute Gasteiger partial charge is 0.463 e. The Balaban J connectivity index is 3.79. The molecule has 0 aliphatic rings. The molecule has 26 heavy (non-hydrogen) atoms. The molecule has 5 nitrogen and oxygen atoms in total. The second kappa shape index (κ2) is 15.2. The summed E-state index contributed by atoms with van der Waals surface area (Å²) in [6, 6.07) is 0. The molecule has 0 spiro atoms. The van der Waals surface area contributed by atoms with Crippen LogP contribution in [0, 0.1) is 11.8 Å². The molecule has 0 aliphatic heterocycles. The summed E-state index contributed by atoms with van der Waals surface area (Å²) in [5, 5.41) is 27.3. The van der Waals surface area contributed by atoms with E-state index in [9.17, 15) is 15.0 Å².